The molecule has 1 aromatic heterocycles. The van der Waals surface area contributed by atoms with Gasteiger partial charge in [0.2, 0.25) is 5.43 Å². The normalized spacial score (nSPS) is 19.1. The molecule has 0 saturated carbocycles. The first-order valence-electron chi connectivity index (χ1n) is 7.31. The molecule has 2 heterocycles. The molecule has 0 bridgehead atoms. The molecular weight excluding hydrogens is 256 g/mol. The molecular formula is C15H24N2O3. The van der Waals surface area contributed by atoms with Crippen molar-refractivity contribution >= 4 is 0 Å². The summed E-state index contributed by atoms with van der Waals surface area (Å²) >= 11 is 0. The highest BCUT2D eigenvalue weighted by Crippen LogP contribution is 2.13. The first-order chi connectivity index (χ1) is 9.54. The fourth-order valence-electron chi connectivity index (χ4n) is 2.69. The molecule has 0 radical (unpaired) electrons. The largest absolute Gasteiger partial charge is 0.502 e. The van der Waals surface area contributed by atoms with Crippen molar-refractivity contribution in [2.75, 3.05) is 19.6 Å². The van der Waals surface area contributed by atoms with E-state index < -0.39 is 0 Å². The SMILES string of the molecule is CC(C)CN(Cc1cc(=O)c(O)co1)CC1CCCN1. The summed E-state index contributed by atoms with van der Waals surface area (Å²) in [5, 5.41) is 12.7. The molecule has 5 nitrogen and oxygen atoms in total. The standard InChI is InChI=1S/C15H24N2O3/c1-11(2)7-17(8-12-4-3-5-16-12)9-13-6-14(18)15(19)10-20-13/h6,10-12,16,19H,3-5,7-9H2,1-2H3. The Bertz CT molecular complexity index is 478. The van der Waals surface area contributed by atoms with Gasteiger partial charge in [0.1, 0.15) is 12.0 Å². The smallest absolute Gasteiger partial charge is 0.226 e. The summed E-state index contributed by atoms with van der Waals surface area (Å²) in [6.45, 7) is 7.98. The molecule has 2 N–H and O–H groups in total. The van der Waals surface area contributed by atoms with Gasteiger partial charge in [-0.1, -0.05) is 13.8 Å². The zero-order valence-corrected chi connectivity index (χ0v) is 12.3. The van der Waals surface area contributed by atoms with Crippen molar-refractivity contribution in [3.8, 4) is 5.75 Å². The van der Waals surface area contributed by atoms with Gasteiger partial charge in [-0.25, -0.2) is 0 Å². The van der Waals surface area contributed by atoms with Crippen molar-refractivity contribution < 1.29 is 9.52 Å². The number of hydrogen-bond donors (Lipinski definition) is 2. The van der Waals surface area contributed by atoms with Gasteiger partial charge >= 0.3 is 0 Å². The first-order valence-corrected chi connectivity index (χ1v) is 7.31. The summed E-state index contributed by atoms with van der Waals surface area (Å²) in [6.07, 6.45) is 3.56. The van der Waals surface area contributed by atoms with Crippen LogP contribution in [0.5, 0.6) is 5.75 Å². The lowest BCUT2D eigenvalue weighted by molar-refractivity contribution is 0.199. The van der Waals surface area contributed by atoms with E-state index in [0.29, 0.717) is 24.3 Å². The minimum atomic E-state index is -0.380. The lowest BCUT2D eigenvalue weighted by Gasteiger charge is -2.26. The number of hydrogen-bond acceptors (Lipinski definition) is 5. The Balaban J connectivity index is 2.01. The van der Waals surface area contributed by atoms with Crippen LogP contribution in [-0.2, 0) is 6.54 Å². The Morgan fingerprint density at radius 2 is 2.35 bits per heavy atom. The van der Waals surface area contributed by atoms with Gasteiger partial charge < -0.3 is 14.8 Å². The molecule has 1 unspecified atom stereocenters. The fraction of sp³-hybridized carbons (Fsp3) is 0.667. The number of nitrogens with one attached hydrogen (secondary N) is 1. The third-order valence-corrected chi connectivity index (χ3v) is 3.51. The molecule has 1 aromatic rings. The lowest BCUT2D eigenvalue weighted by Crippen LogP contribution is -2.39. The molecule has 1 aliphatic rings. The topological polar surface area (TPSA) is 65.7 Å². The van der Waals surface area contributed by atoms with Crippen molar-refractivity contribution in [2.24, 2.45) is 5.92 Å². The minimum absolute atomic E-state index is 0.332. The van der Waals surface area contributed by atoms with E-state index in [1.165, 1.54) is 18.9 Å². The van der Waals surface area contributed by atoms with Crippen molar-refractivity contribution in [1.82, 2.24) is 10.2 Å². The van der Waals surface area contributed by atoms with E-state index in [9.17, 15) is 9.90 Å². The molecule has 1 fully saturated rings. The molecule has 1 atom stereocenters. The van der Waals surface area contributed by atoms with Crippen LogP contribution in [0.15, 0.2) is 21.5 Å². The van der Waals surface area contributed by atoms with Gasteiger partial charge in [0, 0.05) is 25.2 Å². The van der Waals surface area contributed by atoms with Gasteiger partial charge in [-0.2, -0.15) is 0 Å². The zero-order chi connectivity index (χ0) is 14.5. The van der Waals surface area contributed by atoms with E-state index in [-0.39, 0.29) is 11.2 Å². The Morgan fingerprint density at radius 3 is 2.95 bits per heavy atom. The number of rotatable bonds is 6. The summed E-state index contributed by atoms with van der Waals surface area (Å²) in [6, 6.07) is 1.91. The van der Waals surface area contributed by atoms with E-state index in [1.807, 2.05) is 0 Å². The molecule has 1 aliphatic heterocycles. The van der Waals surface area contributed by atoms with Crippen LogP contribution in [0.3, 0.4) is 0 Å². The molecule has 0 aromatic carbocycles. The Kier molecular flexibility index (Phi) is 5.20. The van der Waals surface area contributed by atoms with Crippen LogP contribution in [-0.4, -0.2) is 35.7 Å². The summed E-state index contributed by atoms with van der Waals surface area (Å²) in [5.41, 5.74) is -0.380. The van der Waals surface area contributed by atoms with Crippen LogP contribution < -0.4 is 10.7 Å². The Hall–Kier alpha value is -1.33. The predicted molar refractivity (Wildman–Crippen MR) is 77.8 cm³/mol. The van der Waals surface area contributed by atoms with Gasteiger partial charge in [0.05, 0.1) is 6.54 Å². The average Bonchev–Trinajstić information content (AvgIpc) is 2.86. The molecule has 2 rings (SSSR count). The molecule has 112 valence electrons. The average molecular weight is 280 g/mol. The van der Waals surface area contributed by atoms with Crippen LogP contribution in [0.2, 0.25) is 0 Å². The first kappa shape index (κ1) is 15.1. The Labute approximate surface area is 119 Å². The Morgan fingerprint density at radius 1 is 1.55 bits per heavy atom. The van der Waals surface area contributed by atoms with Crippen LogP contribution >= 0.6 is 0 Å². The molecule has 0 aliphatic carbocycles. The van der Waals surface area contributed by atoms with Crippen molar-refractivity contribution in [3.63, 3.8) is 0 Å². The summed E-state index contributed by atoms with van der Waals surface area (Å²) in [7, 11) is 0. The van der Waals surface area contributed by atoms with E-state index in [0.717, 1.165) is 25.9 Å². The van der Waals surface area contributed by atoms with E-state index >= 15 is 0 Å². The zero-order valence-electron chi connectivity index (χ0n) is 12.3. The highest BCUT2D eigenvalue weighted by atomic mass is 16.4. The third-order valence-electron chi connectivity index (χ3n) is 3.51. The van der Waals surface area contributed by atoms with Gasteiger partial charge in [-0.05, 0) is 25.3 Å². The number of nitrogens with zero attached hydrogens (tertiary/aromatic N) is 1. The molecule has 5 heteroatoms. The molecule has 0 spiro atoms. The van der Waals surface area contributed by atoms with E-state index in [2.05, 4.69) is 24.1 Å². The van der Waals surface area contributed by atoms with Crippen molar-refractivity contribution in [2.45, 2.75) is 39.3 Å². The second-order valence-corrected chi connectivity index (χ2v) is 5.98. The van der Waals surface area contributed by atoms with Gasteiger partial charge in [0.25, 0.3) is 0 Å². The summed E-state index contributed by atoms with van der Waals surface area (Å²) < 4.78 is 5.30. The maximum absolute atomic E-state index is 11.4. The van der Waals surface area contributed by atoms with Crippen molar-refractivity contribution in [1.29, 1.82) is 0 Å². The molecule has 1 saturated heterocycles. The second-order valence-electron chi connectivity index (χ2n) is 5.98. The fourth-order valence-corrected chi connectivity index (χ4v) is 2.69. The maximum Gasteiger partial charge on any atom is 0.226 e. The van der Waals surface area contributed by atoms with Gasteiger partial charge in [-0.15, -0.1) is 0 Å². The van der Waals surface area contributed by atoms with Crippen LogP contribution in [0.1, 0.15) is 32.4 Å². The van der Waals surface area contributed by atoms with E-state index in [1.54, 1.807) is 0 Å². The monoisotopic (exact) mass is 280 g/mol. The van der Waals surface area contributed by atoms with Crippen LogP contribution in [0.4, 0.5) is 0 Å². The van der Waals surface area contributed by atoms with Gasteiger partial charge in [0.15, 0.2) is 5.75 Å². The number of aromatic hydroxyl groups is 1. The highest BCUT2D eigenvalue weighted by molar-refractivity contribution is 5.15. The quantitative estimate of drug-likeness (QED) is 0.828. The maximum atomic E-state index is 11.4. The second kappa shape index (κ2) is 6.90. The molecule has 20 heavy (non-hydrogen) atoms. The van der Waals surface area contributed by atoms with Crippen LogP contribution in [0.25, 0.3) is 0 Å². The van der Waals surface area contributed by atoms with E-state index in [4.69, 9.17) is 4.42 Å². The highest BCUT2D eigenvalue weighted by Gasteiger charge is 2.19. The summed E-state index contributed by atoms with van der Waals surface area (Å²) in [4.78, 5) is 13.8. The molecule has 0 amide bonds. The van der Waals surface area contributed by atoms with Gasteiger partial charge in [-0.3, -0.25) is 9.69 Å². The predicted octanol–water partition coefficient (Wildman–Crippen LogP) is 1.56. The summed E-state index contributed by atoms with van der Waals surface area (Å²) in [5.74, 6) is 0.827. The third kappa shape index (κ3) is 4.35. The van der Waals surface area contributed by atoms with Crippen LogP contribution in [0, 0.1) is 5.92 Å². The minimum Gasteiger partial charge on any atom is -0.502 e. The lowest BCUT2D eigenvalue weighted by atomic mass is 10.1. The van der Waals surface area contributed by atoms with Crippen molar-refractivity contribution in [3.05, 3.63) is 28.3 Å².